The smallest absolute Gasteiger partial charge is 0.310 e. The Morgan fingerprint density at radius 1 is 1.00 bits per heavy atom. The fourth-order valence-corrected chi connectivity index (χ4v) is 4.01. The number of pyridine rings is 1. The van der Waals surface area contributed by atoms with Gasteiger partial charge < -0.3 is 24.7 Å². The molecule has 2 aromatic carbocycles. The minimum Gasteiger partial charge on any atom is -0.433 e. The van der Waals surface area contributed by atoms with Gasteiger partial charge in [-0.15, -0.1) is 0 Å². The molecule has 0 bridgehead atoms. The Morgan fingerprint density at radius 3 is 2.38 bits per heavy atom. The van der Waals surface area contributed by atoms with Crippen LogP contribution in [0.2, 0.25) is 0 Å². The van der Waals surface area contributed by atoms with Gasteiger partial charge in [-0.3, -0.25) is 19.2 Å². The summed E-state index contributed by atoms with van der Waals surface area (Å²) in [6.07, 6.45) is 1.27. The van der Waals surface area contributed by atoms with E-state index in [1.54, 1.807) is 13.0 Å². The van der Waals surface area contributed by atoms with E-state index >= 15 is 0 Å². The molecule has 1 aromatic heterocycles. The fourth-order valence-electron chi connectivity index (χ4n) is 4.01. The van der Waals surface area contributed by atoms with Gasteiger partial charge in [-0.2, -0.15) is 0 Å². The van der Waals surface area contributed by atoms with Crippen molar-refractivity contribution in [3.8, 4) is 0 Å². The van der Waals surface area contributed by atoms with Gasteiger partial charge in [-0.25, -0.2) is 0 Å². The minimum atomic E-state index is -0.934. The average Bonchev–Trinajstić information content (AvgIpc) is 3.26. The topological polar surface area (TPSA) is 116 Å². The maximum Gasteiger partial charge on any atom is 0.310 e. The first kappa shape index (κ1) is 25.8. The molecule has 2 unspecified atom stereocenters. The average molecular weight is 504 g/mol. The van der Waals surface area contributed by atoms with E-state index in [-0.39, 0.29) is 31.0 Å². The van der Waals surface area contributed by atoms with Gasteiger partial charge in [0.25, 0.3) is 5.56 Å². The zero-order valence-corrected chi connectivity index (χ0v) is 20.5. The lowest BCUT2D eigenvalue weighted by atomic mass is 10.1. The second kappa shape index (κ2) is 12.1. The van der Waals surface area contributed by atoms with Crippen LogP contribution in [0.4, 0.5) is 5.69 Å². The van der Waals surface area contributed by atoms with E-state index in [0.717, 1.165) is 11.1 Å². The maximum atomic E-state index is 13.0. The van der Waals surface area contributed by atoms with Crippen molar-refractivity contribution in [1.82, 2.24) is 9.88 Å². The van der Waals surface area contributed by atoms with Crippen LogP contribution in [-0.4, -0.2) is 34.7 Å². The number of amides is 2. The summed E-state index contributed by atoms with van der Waals surface area (Å²) in [7, 11) is 0. The van der Waals surface area contributed by atoms with E-state index in [1.807, 2.05) is 60.7 Å². The van der Waals surface area contributed by atoms with E-state index in [4.69, 9.17) is 9.47 Å². The van der Waals surface area contributed by atoms with Gasteiger partial charge in [0.2, 0.25) is 18.1 Å². The molecule has 9 nitrogen and oxygen atoms in total. The number of carbonyl (C=O) groups is 3. The first-order valence-corrected chi connectivity index (χ1v) is 12.1. The maximum absolute atomic E-state index is 13.0. The Kier molecular flexibility index (Phi) is 8.48. The predicted molar refractivity (Wildman–Crippen MR) is 136 cm³/mol. The van der Waals surface area contributed by atoms with Gasteiger partial charge in [0.1, 0.15) is 17.8 Å². The third kappa shape index (κ3) is 6.92. The van der Waals surface area contributed by atoms with Crippen molar-refractivity contribution in [2.24, 2.45) is 0 Å². The lowest BCUT2D eigenvalue weighted by Crippen LogP contribution is -2.45. The summed E-state index contributed by atoms with van der Waals surface area (Å²) in [5.41, 5.74) is 1.50. The SMILES string of the molecule is C[C@@H](C(=O)NC1CC(=O)OC1OCc1ccccc1)n1cccc(NC(=O)CCc2ccccc2)c1=O. The number of hydrogen-bond donors (Lipinski definition) is 2. The highest BCUT2D eigenvalue weighted by molar-refractivity contribution is 5.90. The Bertz CT molecular complexity index is 1290. The number of benzene rings is 2. The third-order valence-corrected chi connectivity index (χ3v) is 6.08. The van der Waals surface area contributed by atoms with Crippen LogP contribution in [0.3, 0.4) is 0 Å². The molecule has 0 saturated carbocycles. The van der Waals surface area contributed by atoms with Crippen LogP contribution in [0.15, 0.2) is 83.8 Å². The molecular formula is C28H29N3O6. The van der Waals surface area contributed by atoms with Crippen LogP contribution in [0.1, 0.15) is 36.9 Å². The Morgan fingerprint density at radius 2 is 1.68 bits per heavy atom. The van der Waals surface area contributed by atoms with Crippen LogP contribution in [0, 0.1) is 0 Å². The molecule has 3 aromatic rings. The van der Waals surface area contributed by atoms with Crippen LogP contribution in [0.5, 0.6) is 0 Å². The van der Waals surface area contributed by atoms with Crippen molar-refractivity contribution in [1.29, 1.82) is 0 Å². The zero-order valence-electron chi connectivity index (χ0n) is 20.5. The van der Waals surface area contributed by atoms with E-state index in [1.165, 1.54) is 16.8 Å². The Hall–Kier alpha value is -4.24. The third-order valence-electron chi connectivity index (χ3n) is 6.08. The van der Waals surface area contributed by atoms with Crippen molar-refractivity contribution >= 4 is 23.5 Å². The number of esters is 1. The molecule has 0 spiro atoms. The second-order valence-electron chi connectivity index (χ2n) is 8.82. The molecule has 2 amide bonds. The summed E-state index contributed by atoms with van der Waals surface area (Å²) >= 11 is 0. The number of hydrogen-bond acceptors (Lipinski definition) is 6. The van der Waals surface area contributed by atoms with Gasteiger partial charge in [-0.05, 0) is 36.6 Å². The van der Waals surface area contributed by atoms with Crippen molar-refractivity contribution in [3.05, 3.63) is 100 Å². The summed E-state index contributed by atoms with van der Waals surface area (Å²) in [5, 5.41) is 5.41. The summed E-state index contributed by atoms with van der Waals surface area (Å²) in [4.78, 5) is 50.3. The lowest BCUT2D eigenvalue weighted by molar-refractivity contribution is -0.168. The summed E-state index contributed by atoms with van der Waals surface area (Å²) < 4.78 is 12.2. The highest BCUT2D eigenvalue weighted by Gasteiger charge is 2.37. The first-order valence-electron chi connectivity index (χ1n) is 12.1. The van der Waals surface area contributed by atoms with Crippen molar-refractivity contribution in [2.75, 3.05) is 5.32 Å². The summed E-state index contributed by atoms with van der Waals surface area (Å²) in [5.74, 6) is -1.25. The number of cyclic esters (lactones) is 1. The van der Waals surface area contributed by atoms with Crippen molar-refractivity contribution in [3.63, 3.8) is 0 Å². The highest BCUT2D eigenvalue weighted by Crippen LogP contribution is 2.19. The molecule has 2 heterocycles. The molecule has 4 rings (SSSR count). The van der Waals surface area contributed by atoms with Crippen molar-refractivity contribution in [2.45, 2.75) is 51.2 Å². The molecule has 37 heavy (non-hydrogen) atoms. The van der Waals surface area contributed by atoms with Crippen LogP contribution < -0.4 is 16.2 Å². The van der Waals surface area contributed by atoms with Gasteiger partial charge in [0.15, 0.2) is 0 Å². The number of rotatable bonds is 10. The summed E-state index contributed by atoms with van der Waals surface area (Å²) in [6, 6.07) is 20.5. The second-order valence-corrected chi connectivity index (χ2v) is 8.82. The molecule has 1 aliphatic heterocycles. The monoisotopic (exact) mass is 503 g/mol. The fraction of sp³-hybridized carbons (Fsp3) is 0.286. The predicted octanol–water partition coefficient (Wildman–Crippen LogP) is 2.96. The molecule has 3 atom stereocenters. The van der Waals surface area contributed by atoms with Gasteiger partial charge >= 0.3 is 5.97 Å². The van der Waals surface area contributed by atoms with Crippen LogP contribution >= 0.6 is 0 Å². The lowest BCUT2D eigenvalue weighted by Gasteiger charge is -2.22. The van der Waals surface area contributed by atoms with Crippen LogP contribution in [0.25, 0.3) is 0 Å². The molecule has 9 heteroatoms. The molecular weight excluding hydrogens is 474 g/mol. The molecule has 1 fully saturated rings. The number of carbonyl (C=O) groups excluding carboxylic acids is 3. The van der Waals surface area contributed by atoms with Crippen LogP contribution in [-0.2, 0) is 36.9 Å². The standard InChI is InChI=1S/C28H29N3O6/c1-19(26(34)30-23-17-25(33)37-28(23)36-18-21-11-6-3-7-12-21)31-16-8-13-22(27(31)35)29-24(32)15-14-20-9-4-2-5-10-20/h2-13,16,19,23,28H,14-15,17-18H2,1H3,(H,29,32)(H,30,34)/t19-,23?,28?/m0/s1. The number of aromatic nitrogens is 1. The number of nitrogens with one attached hydrogen (secondary N) is 2. The Balaban J connectivity index is 1.36. The highest BCUT2D eigenvalue weighted by atomic mass is 16.7. The minimum absolute atomic E-state index is 0.0374. The van der Waals surface area contributed by atoms with E-state index in [2.05, 4.69) is 10.6 Å². The quantitative estimate of drug-likeness (QED) is 0.411. The molecule has 0 radical (unpaired) electrons. The van der Waals surface area contributed by atoms with Gasteiger partial charge in [0.05, 0.1) is 13.0 Å². The number of ether oxygens (including phenoxy) is 2. The number of nitrogens with zero attached hydrogens (tertiary/aromatic N) is 1. The van der Waals surface area contributed by atoms with E-state index in [9.17, 15) is 19.2 Å². The molecule has 1 saturated heterocycles. The zero-order chi connectivity index (χ0) is 26.2. The first-order chi connectivity index (χ1) is 17.9. The normalized spacial score (nSPS) is 17.6. The molecule has 0 aliphatic carbocycles. The Labute approximate surface area is 214 Å². The van der Waals surface area contributed by atoms with Crippen molar-refractivity contribution < 1.29 is 23.9 Å². The summed E-state index contributed by atoms with van der Waals surface area (Å²) in [6.45, 7) is 1.78. The van der Waals surface area contributed by atoms with E-state index in [0.29, 0.717) is 6.42 Å². The van der Waals surface area contributed by atoms with Gasteiger partial charge in [0, 0.05) is 12.6 Å². The van der Waals surface area contributed by atoms with E-state index < -0.39 is 35.8 Å². The van der Waals surface area contributed by atoms with Gasteiger partial charge in [-0.1, -0.05) is 60.7 Å². The molecule has 2 N–H and O–H groups in total. The largest absolute Gasteiger partial charge is 0.433 e. The number of aryl methyl sites for hydroxylation is 1. The number of anilines is 1. The molecule has 1 aliphatic rings. The molecule has 192 valence electrons.